The van der Waals surface area contributed by atoms with Crippen LogP contribution in [0.3, 0.4) is 0 Å². The molecule has 0 saturated carbocycles. The van der Waals surface area contributed by atoms with Crippen LogP contribution in [-0.2, 0) is 0 Å². The molecule has 0 unspecified atom stereocenters. The fourth-order valence-electron chi connectivity index (χ4n) is 1.25. The van der Waals surface area contributed by atoms with Crippen molar-refractivity contribution in [1.29, 1.82) is 0 Å². The first-order valence-electron chi connectivity index (χ1n) is 4.44. The monoisotopic (exact) mass is 198 g/mol. The Balaban J connectivity index is 2.99. The third-order valence-electron chi connectivity index (χ3n) is 1.78. The number of ether oxygens (including phenoxy) is 1. The molecule has 0 aliphatic heterocycles. The Morgan fingerprint density at radius 1 is 1.15 bits per heavy atom. The molecule has 1 rings (SSSR count). The summed E-state index contributed by atoms with van der Waals surface area (Å²) in [5.74, 6) is 0.898. The van der Waals surface area contributed by atoms with Crippen LogP contribution in [0.15, 0.2) is 12.1 Å². The summed E-state index contributed by atoms with van der Waals surface area (Å²) in [5.41, 5.74) is 2.13. The van der Waals surface area contributed by atoms with E-state index >= 15 is 0 Å². The van der Waals surface area contributed by atoms with Crippen molar-refractivity contribution in [3.63, 3.8) is 0 Å². The highest BCUT2D eigenvalue weighted by Crippen LogP contribution is 2.26. The molecule has 1 nitrogen and oxygen atoms in total. The van der Waals surface area contributed by atoms with Crippen LogP contribution in [0, 0.1) is 13.8 Å². The third-order valence-corrected chi connectivity index (χ3v) is 2.38. The van der Waals surface area contributed by atoms with Crippen LogP contribution in [0.5, 0.6) is 5.75 Å². The molecular formula is C11H15ClO. The second-order valence-corrected chi connectivity index (χ2v) is 3.92. The van der Waals surface area contributed by atoms with E-state index in [2.05, 4.69) is 0 Å². The Morgan fingerprint density at radius 3 is 2.00 bits per heavy atom. The Labute approximate surface area is 84.7 Å². The minimum Gasteiger partial charge on any atom is -0.491 e. The van der Waals surface area contributed by atoms with Gasteiger partial charge in [-0.05, 0) is 51.0 Å². The minimum atomic E-state index is 0.208. The Kier molecular flexibility index (Phi) is 3.21. The summed E-state index contributed by atoms with van der Waals surface area (Å²) in [5, 5.41) is 0.830. The SMILES string of the molecule is Cc1cc(OC(C)C)cc(C)c1Cl. The van der Waals surface area contributed by atoms with Crippen molar-refractivity contribution in [3.8, 4) is 5.75 Å². The predicted octanol–water partition coefficient (Wildman–Crippen LogP) is 3.74. The predicted molar refractivity (Wildman–Crippen MR) is 56.7 cm³/mol. The average Bonchev–Trinajstić information content (AvgIpc) is 1.98. The smallest absolute Gasteiger partial charge is 0.120 e. The van der Waals surface area contributed by atoms with Gasteiger partial charge in [-0.25, -0.2) is 0 Å². The van der Waals surface area contributed by atoms with Gasteiger partial charge in [0.05, 0.1) is 6.10 Å². The van der Waals surface area contributed by atoms with E-state index in [4.69, 9.17) is 16.3 Å². The summed E-state index contributed by atoms with van der Waals surface area (Å²) in [4.78, 5) is 0. The van der Waals surface area contributed by atoms with Gasteiger partial charge in [0, 0.05) is 5.02 Å². The fraction of sp³-hybridized carbons (Fsp3) is 0.455. The zero-order chi connectivity index (χ0) is 10.0. The number of hydrogen-bond acceptors (Lipinski definition) is 1. The molecule has 1 aromatic carbocycles. The van der Waals surface area contributed by atoms with Gasteiger partial charge in [-0.1, -0.05) is 11.6 Å². The van der Waals surface area contributed by atoms with Crippen LogP contribution < -0.4 is 4.74 Å². The lowest BCUT2D eigenvalue weighted by Gasteiger charge is -2.12. The lowest BCUT2D eigenvalue weighted by atomic mass is 10.1. The summed E-state index contributed by atoms with van der Waals surface area (Å²) in [6.45, 7) is 8.00. The van der Waals surface area contributed by atoms with Gasteiger partial charge < -0.3 is 4.74 Å². The number of halogens is 1. The summed E-state index contributed by atoms with van der Waals surface area (Å²) in [6.07, 6.45) is 0.208. The second kappa shape index (κ2) is 4.01. The molecule has 0 heterocycles. The molecule has 0 aromatic heterocycles. The molecule has 0 bridgehead atoms. The minimum absolute atomic E-state index is 0.208. The van der Waals surface area contributed by atoms with Gasteiger partial charge >= 0.3 is 0 Å². The lowest BCUT2D eigenvalue weighted by molar-refractivity contribution is 0.242. The molecule has 0 aliphatic carbocycles. The molecule has 0 spiro atoms. The first-order valence-corrected chi connectivity index (χ1v) is 4.82. The Morgan fingerprint density at radius 2 is 1.62 bits per heavy atom. The van der Waals surface area contributed by atoms with Gasteiger partial charge in [-0.15, -0.1) is 0 Å². The molecule has 0 aliphatic rings. The quantitative estimate of drug-likeness (QED) is 0.704. The molecular weight excluding hydrogens is 184 g/mol. The number of rotatable bonds is 2. The molecule has 0 N–H and O–H groups in total. The number of hydrogen-bond donors (Lipinski definition) is 0. The number of benzene rings is 1. The molecule has 0 saturated heterocycles. The zero-order valence-corrected chi connectivity index (χ0v) is 9.27. The van der Waals surface area contributed by atoms with Crippen molar-refractivity contribution in [2.75, 3.05) is 0 Å². The average molecular weight is 199 g/mol. The topological polar surface area (TPSA) is 9.23 Å². The third kappa shape index (κ3) is 2.63. The summed E-state index contributed by atoms with van der Waals surface area (Å²) < 4.78 is 5.57. The second-order valence-electron chi connectivity index (χ2n) is 3.54. The van der Waals surface area contributed by atoms with Crippen LogP contribution >= 0.6 is 11.6 Å². The van der Waals surface area contributed by atoms with Crippen molar-refractivity contribution in [2.24, 2.45) is 0 Å². The first kappa shape index (κ1) is 10.4. The van der Waals surface area contributed by atoms with Gasteiger partial charge in [-0.3, -0.25) is 0 Å². The van der Waals surface area contributed by atoms with Crippen LogP contribution in [0.4, 0.5) is 0 Å². The molecule has 0 fully saturated rings. The molecule has 0 amide bonds. The van der Waals surface area contributed by atoms with Crippen LogP contribution in [0.25, 0.3) is 0 Å². The van der Waals surface area contributed by atoms with Crippen LogP contribution in [-0.4, -0.2) is 6.10 Å². The van der Waals surface area contributed by atoms with Gasteiger partial charge in [-0.2, -0.15) is 0 Å². The first-order chi connectivity index (χ1) is 6.00. The van der Waals surface area contributed by atoms with Gasteiger partial charge in [0.1, 0.15) is 5.75 Å². The highest BCUT2D eigenvalue weighted by Gasteiger charge is 2.04. The van der Waals surface area contributed by atoms with E-state index in [1.807, 2.05) is 39.8 Å². The van der Waals surface area contributed by atoms with Crippen molar-refractivity contribution in [3.05, 3.63) is 28.3 Å². The molecule has 0 atom stereocenters. The van der Waals surface area contributed by atoms with Crippen molar-refractivity contribution in [2.45, 2.75) is 33.8 Å². The summed E-state index contributed by atoms with van der Waals surface area (Å²) >= 11 is 6.03. The molecule has 0 radical (unpaired) electrons. The van der Waals surface area contributed by atoms with Gasteiger partial charge in [0.2, 0.25) is 0 Å². The van der Waals surface area contributed by atoms with E-state index < -0.39 is 0 Å². The van der Waals surface area contributed by atoms with Crippen molar-refractivity contribution < 1.29 is 4.74 Å². The highest BCUT2D eigenvalue weighted by molar-refractivity contribution is 6.32. The highest BCUT2D eigenvalue weighted by atomic mass is 35.5. The Bertz CT molecular complexity index is 282. The normalized spacial score (nSPS) is 10.6. The summed E-state index contributed by atoms with van der Waals surface area (Å²) in [6, 6.07) is 3.94. The zero-order valence-electron chi connectivity index (χ0n) is 8.52. The van der Waals surface area contributed by atoms with E-state index in [0.717, 1.165) is 21.9 Å². The van der Waals surface area contributed by atoms with Gasteiger partial charge in [0.25, 0.3) is 0 Å². The largest absolute Gasteiger partial charge is 0.491 e. The van der Waals surface area contributed by atoms with Gasteiger partial charge in [0.15, 0.2) is 0 Å². The molecule has 72 valence electrons. The van der Waals surface area contributed by atoms with E-state index in [0.29, 0.717) is 0 Å². The maximum absolute atomic E-state index is 6.03. The van der Waals surface area contributed by atoms with E-state index in [1.54, 1.807) is 0 Å². The van der Waals surface area contributed by atoms with Crippen molar-refractivity contribution >= 4 is 11.6 Å². The fourth-order valence-corrected chi connectivity index (χ4v) is 1.36. The Hall–Kier alpha value is -0.690. The molecule has 1 aromatic rings. The van der Waals surface area contributed by atoms with E-state index in [1.165, 1.54) is 0 Å². The van der Waals surface area contributed by atoms with Crippen LogP contribution in [0.1, 0.15) is 25.0 Å². The lowest BCUT2D eigenvalue weighted by Crippen LogP contribution is -2.05. The number of aryl methyl sites for hydroxylation is 2. The van der Waals surface area contributed by atoms with Crippen molar-refractivity contribution in [1.82, 2.24) is 0 Å². The summed E-state index contributed by atoms with van der Waals surface area (Å²) in [7, 11) is 0. The van der Waals surface area contributed by atoms with E-state index in [9.17, 15) is 0 Å². The molecule has 2 heteroatoms. The molecule has 13 heavy (non-hydrogen) atoms. The van der Waals surface area contributed by atoms with E-state index in [-0.39, 0.29) is 6.10 Å². The standard InChI is InChI=1S/C11H15ClO/c1-7(2)13-10-5-8(3)11(12)9(4)6-10/h5-7H,1-4H3. The van der Waals surface area contributed by atoms with Crippen LogP contribution in [0.2, 0.25) is 5.02 Å². The maximum Gasteiger partial charge on any atom is 0.120 e. The maximum atomic E-state index is 6.03.